The van der Waals surface area contributed by atoms with Gasteiger partial charge in [0.1, 0.15) is 16.1 Å². The van der Waals surface area contributed by atoms with E-state index in [1.807, 2.05) is 4.72 Å². The number of benzene rings is 1. The Bertz CT molecular complexity index is 1360. The summed E-state index contributed by atoms with van der Waals surface area (Å²) < 4.78 is 57.3. The number of hydrogen-bond acceptors (Lipinski definition) is 8. The van der Waals surface area contributed by atoms with E-state index in [1.165, 1.54) is 0 Å². The third-order valence-electron chi connectivity index (χ3n) is 7.11. The number of rotatable bonds is 6. The SMILES string of the molecule is CS(=O)(=O)C1CCN(S(=O)(=O)NC(=O)c2coc(Nc3c4c(c(Cl)c5c3CCC5)CCC4)n2)CC1. The number of halogens is 1. The molecule has 2 heterocycles. The molecule has 0 radical (unpaired) electrons. The van der Waals surface area contributed by atoms with Gasteiger partial charge in [0.25, 0.3) is 11.9 Å². The van der Waals surface area contributed by atoms with Gasteiger partial charge in [0.15, 0.2) is 5.69 Å². The molecule has 190 valence electrons. The predicted molar refractivity (Wildman–Crippen MR) is 131 cm³/mol. The highest BCUT2D eigenvalue weighted by Crippen LogP contribution is 2.44. The number of hydrogen-bond donors (Lipinski definition) is 2. The summed E-state index contributed by atoms with van der Waals surface area (Å²) in [5.41, 5.74) is 5.38. The second-order valence-electron chi connectivity index (χ2n) is 9.34. The molecule has 0 unspecified atom stereocenters. The van der Waals surface area contributed by atoms with Crippen molar-refractivity contribution in [2.24, 2.45) is 0 Å². The van der Waals surface area contributed by atoms with E-state index in [-0.39, 0.29) is 37.6 Å². The van der Waals surface area contributed by atoms with E-state index in [4.69, 9.17) is 16.0 Å². The first-order valence-corrected chi connectivity index (χ1v) is 15.4. The van der Waals surface area contributed by atoms with Crippen molar-refractivity contribution >= 4 is 49.3 Å². The minimum absolute atomic E-state index is 0.0127. The molecular weight excluding hydrogens is 516 g/mol. The predicted octanol–water partition coefficient (Wildman–Crippen LogP) is 2.53. The molecule has 2 N–H and O–H groups in total. The van der Waals surface area contributed by atoms with Crippen molar-refractivity contribution < 1.29 is 26.0 Å². The van der Waals surface area contributed by atoms with Crippen LogP contribution in [0.3, 0.4) is 0 Å². The van der Waals surface area contributed by atoms with Gasteiger partial charge in [-0.1, -0.05) is 11.6 Å². The number of piperidine rings is 1. The largest absolute Gasteiger partial charge is 0.431 e. The lowest BCUT2D eigenvalue weighted by Crippen LogP contribution is -2.48. The molecule has 0 bridgehead atoms. The second-order valence-corrected chi connectivity index (χ2v) is 13.7. The van der Waals surface area contributed by atoms with Crippen molar-refractivity contribution in [1.29, 1.82) is 0 Å². The average Bonchev–Trinajstić information content (AvgIpc) is 3.56. The number of aromatic nitrogens is 1. The second kappa shape index (κ2) is 9.06. The van der Waals surface area contributed by atoms with Crippen LogP contribution in [0, 0.1) is 0 Å². The highest BCUT2D eigenvalue weighted by atomic mass is 35.5. The number of carbonyl (C=O) groups is 1. The van der Waals surface area contributed by atoms with Crippen molar-refractivity contribution in [3.05, 3.63) is 39.2 Å². The molecule has 2 aromatic rings. The van der Waals surface area contributed by atoms with Crippen LogP contribution in [0.25, 0.3) is 0 Å². The quantitative estimate of drug-likeness (QED) is 0.567. The van der Waals surface area contributed by atoms with Gasteiger partial charge < -0.3 is 9.73 Å². The fourth-order valence-electron chi connectivity index (χ4n) is 5.32. The molecule has 1 saturated heterocycles. The maximum Gasteiger partial charge on any atom is 0.304 e. The zero-order valence-electron chi connectivity index (χ0n) is 19.3. The van der Waals surface area contributed by atoms with E-state index < -0.39 is 31.2 Å². The molecule has 10 nitrogen and oxygen atoms in total. The minimum atomic E-state index is -4.15. The Kier molecular flexibility index (Phi) is 6.35. The molecule has 5 rings (SSSR count). The fourth-order valence-corrected chi connectivity index (χ4v) is 7.96. The van der Waals surface area contributed by atoms with Crippen molar-refractivity contribution in [2.75, 3.05) is 24.7 Å². The molecule has 2 aliphatic carbocycles. The first-order valence-electron chi connectivity index (χ1n) is 11.6. The van der Waals surface area contributed by atoms with E-state index in [1.54, 1.807) is 0 Å². The minimum Gasteiger partial charge on any atom is -0.431 e. The lowest BCUT2D eigenvalue weighted by atomic mass is 9.98. The Balaban J connectivity index is 1.29. The molecule has 3 aliphatic rings. The van der Waals surface area contributed by atoms with Gasteiger partial charge >= 0.3 is 10.2 Å². The summed E-state index contributed by atoms with van der Waals surface area (Å²) in [7, 11) is -7.39. The van der Waals surface area contributed by atoms with E-state index >= 15 is 0 Å². The van der Waals surface area contributed by atoms with Crippen molar-refractivity contribution in [3.63, 3.8) is 0 Å². The molecule has 1 aromatic carbocycles. The number of carbonyl (C=O) groups excluding carboxylic acids is 1. The Hall–Kier alpha value is -2.15. The zero-order chi connectivity index (χ0) is 25.0. The molecule has 35 heavy (non-hydrogen) atoms. The Morgan fingerprint density at radius 2 is 1.60 bits per heavy atom. The summed E-state index contributed by atoms with van der Waals surface area (Å²) in [5.74, 6) is -0.918. The molecular formula is C22H27ClN4O6S2. The molecule has 1 aromatic heterocycles. The number of anilines is 2. The first-order chi connectivity index (χ1) is 16.5. The average molecular weight is 543 g/mol. The van der Waals surface area contributed by atoms with Crippen LogP contribution >= 0.6 is 11.6 Å². The number of oxazole rings is 1. The highest BCUT2D eigenvalue weighted by molar-refractivity contribution is 7.91. The topological polar surface area (TPSA) is 139 Å². The number of amides is 1. The van der Waals surface area contributed by atoms with E-state index in [0.717, 1.165) is 88.3 Å². The van der Waals surface area contributed by atoms with Gasteiger partial charge in [-0.25, -0.2) is 13.1 Å². The summed E-state index contributed by atoms with van der Waals surface area (Å²) in [4.78, 5) is 16.8. The summed E-state index contributed by atoms with van der Waals surface area (Å²) in [6.45, 7) is 0.0253. The van der Waals surface area contributed by atoms with E-state index in [2.05, 4.69) is 10.3 Å². The Morgan fingerprint density at radius 3 is 2.17 bits per heavy atom. The molecule has 1 amide bonds. The number of nitrogens with zero attached hydrogens (tertiary/aromatic N) is 2. The number of fused-ring (bicyclic) bond motifs is 2. The van der Waals surface area contributed by atoms with Crippen LogP contribution in [-0.4, -0.2) is 56.6 Å². The van der Waals surface area contributed by atoms with Gasteiger partial charge in [0.2, 0.25) is 0 Å². The van der Waals surface area contributed by atoms with Gasteiger partial charge in [-0.3, -0.25) is 4.79 Å². The molecule has 0 atom stereocenters. The van der Waals surface area contributed by atoms with Crippen molar-refractivity contribution in [3.8, 4) is 0 Å². The summed E-state index contributed by atoms with van der Waals surface area (Å²) in [5, 5.41) is 3.51. The molecule has 0 spiro atoms. The van der Waals surface area contributed by atoms with Crippen molar-refractivity contribution in [2.45, 2.75) is 56.6 Å². The van der Waals surface area contributed by atoms with Crippen LogP contribution in [0.15, 0.2) is 10.7 Å². The first kappa shape index (κ1) is 24.5. The Labute approximate surface area is 209 Å². The number of sulfone groups is 1. The van der Waals surface area contributed by atoms with Gasteiger partial charge in [0.05, 0.1) is 5.25 Å². The maximum absolute atomic E-state index is 12.7. The van der Waals surface area contributed by atoms with Crippen LogP contribution < -0.4 is 10.0 Å². The third kappa shape index (κ3) is 4.68. The van der Waals surface area contributed by atoms with Gasteiger partial charge in [0, 0.05) is 30.1 Å². The zero-order valence-corrected chi connectivity index (χ0v) is 21.7. The fraction of sp³-hybridized carbons (Fsp3) is 0.545. The van der Waals surface area contributed by atoms with Gasteiger partial charge in [-0.2, -0.15) is 17.7 Å². The van der Waals surface area contributed by atoms with Crippen molar-refractivity contribution in [1.82, 2.24) is 14.0 Å². The molecule has 13 heteroatoms. The van der Waals surface area contributed by atoms with E-state index in [0.29, 0.717) is 0 Å². The normalized spacial score (nSPS) is 18.9. The lowest BCUT2D eigenvalue weighted by Gasteiger charge is -2.29. The third-order valence-corrected chi connectivity index (χ3v) is 10.7. The van der Waals surface area contributed by atoms with Gasteiger partial charge in [-0.05, 0) is 73.6 Å². The van der Waals surface area contributed by atoms with Crippen LogP contribution in [0.1, 0.15) is 58.4 Å². The van der Waals surface area contributed by atoms with Crippen LogP contribution in [-0.2, 0) is 45.7 Å². The van der Waals surface area contributed by atoms with E-state index in [9.17, 15) is 21.6 Å². The maximum atomic E-state index is 12.7. The smallest absolute Gasteiger partial charge is 0.304 e. The number of nitrogens with one attached hydrogen (secondary N) is 2. The highest BCUT2D eigenvalue weighted by Gasteiger charge is 2.34. The molecule has 1 aliphatic heterocycles. The van der Waals surface area contributed by atoms with Gasteiger partial charge in [-0.15, -0.1) is 0 Å². The summed E-state index contributed by atoms with van der Waals surface area (Å²) in [6, 6.07) is 0.104. The standard InChI is InChI=1S/C22H27ClN4O6S2/c1-34(29,30)13-8-10-27(11-9-13)35(31,32)26-21(28)18-12-33-22(24-18)25-20-16-6-2-4-14(16)19(23)15-5-3-7-17(15)20/h12-13H,2-11H2,1H3,(H,24,25)(H,26,28). The van der Waals surface area contributed by atoms with Crippen LogP contribution in [0.5, 0.6) is 0 Å². The van der Waals surface area contributed by atoms with Crippen LogP contribution in [0.2, 0.25) is 5.02 Å². The molecule has 1 fully saturated rings. The Morgan fingerprint density at radius 1 is 1.03 bits per heavy atom. The van der Waals surface area contributed by atoms with Crippen LogP contribution in [0.4, 0.5) is 11.7 Å². The lowest BCUT2D eigenvalue weighted by molar-refractivity contribution is 0.0973. The molecule has 0 saturated carbocycles. The monoisotopic (exact) mass is 542 g/mol. The summed E-state index contributed by atoms with van der Waals surface area (Å²) >= 11 is 6.67. The summed E-state index contributed by atoms with van der Waals surface area (Å²) in [6.07, 6.45) is 8.30.